The first kappa shape index (κ1) is 9.86. The lowest BCUT2D eigenvalue weighted by molar-refractivity contribution is 0.0955. The van der Waals surface area contributed by atoms with Gasteiger partial charge in [-0.3, -0.25) is 4.79 Å². The first-order valence-corrected chi connectivity index (χ1v) is 4.37. The largest absolute Gasteiger partial charge is 0.349 e. The first-order chi connectivity index (χ1) is 6.25. The zero-order valence-corrected chi connectivity index (χ0v) is 8.05. The molecule has 3 heteroatoms. The van der Waals surface area contributed by atoms with Crippen LogP contribution in [0.1, 0.15) is 10.4 Å². The fourth-order valence-electron chi connectivity index (χ4n) is 0.926. The Balaban J connectivity index is 2.76. The van der Waals surface area contributed by atoms with Crippen LogP contribution in [0.4, 0.5) is 0 Å². The van der Waals surface area contributed by atoms with Gasteiger partial charge >= 0.3 is 0 Å². The van der Waals surface area contributed by atoms with Crippen LogP contribution in [-0.4, -0.2) is 12.5 Å². The molecular formula is C10H11NOS. The smallest absolute Gasteiger partial charge is 0.252 e. The van der Waals surface area contributed by atoms with Crippen LogP contribution in [-0.2, 0) is 0 Å². The number of carbonyl (C=O) groups excluding carboxylic acids is 1. The van der Waals surface area contributed by atoms with Gasteiger partial charge in [0.15, 0.2) is 0 Å². The zero-order valence-electron chi connectivity index (χ0n) is 7.16. The summed E-state index contributed by atoms with van der Waals surface area (Å²) < 4.78 is 0. The highest BCUT2D eigenvalue weighted by atomic mass is 32.1. The number of nitrogens with one attached hydrogen (secondary N) is 1. The van der Waals surface area contributed by atoms with Gasteiger partial charge in [-0.15, -0.1) is 19.2 Å². The highest BCUT2D eigenvalue weighted by Gasteiger charge is 2.06. The molecule has 0 heterocycles. The van der Waals surface area contributed by atoms with Crippen molar-refractivity contribution < 1.29 is 4.79 Å². The molecule has 0 atom stereocenters. The van der Waals surface area contributed by atoms with E-state index in [0.29, 0.717) is 17.0 Å². The third-order valence-electron chi connectivity index (χ3n) is 1.56. The minimum Gasteiger partial charge on any atom is -0.349 e. The maximum Gasteiger partial charge on any atom is 0.252 e. The molecule has 0 saturated carbocycles. The molecule has 0 aliphatic heterocycles. The molecule has 2 nitrogen and oxygen atoms in total. The summed E-state index contributed by atoms with van der Waals surface area (Å²) in [6, 6.07) is 7.17. The van der Waals surface area contributed by atoms with Crippen molar-refractivity contribution in [1.82, 2.24) is 5.32 Å². The van der Waals surface area contributed by atoms with Gasteiger partial charge in [-0.05, 0) is 12.1 Å². The SMILES string of the molecule is C=CCNC(=O)c1ccccc1S. The van der Waals surface area contributed by atoms with E-state index in [9.17, 15) is 4.79 Å². The summed E-state index contributed by atoms with van der Waals surface area (Å²) in [6.07, 6.45) is 1.64. The van der Waals surface area contributed by atoms with Gasteiger partial charge in [-0.1, -0.05) is 18.2 Å². The molecule has 0 saturated heterocycles. The Bertz CT molecular complexity index is 322. The van der Waals surface area contributed by atoms with Crippen molar-refractivity contribution in [3.8, 4) is 0 Å². The quantitative estimate of drug-likeness (QED) is 0.557. The second-order valence-corrected chi connectivity index (χ2v) is 3.00. The Morgan fingerprint density at radius 3 is 2.85 bits per heavy atom. The molecule has 1 N–H and O–H groups in total. The van der Waals surface area contributed by atoms with Gasteiger partial charge in [-0.2, -0.15) is 0 Å². The lowest BCUT2D eigenvalue weighted by atomic mass is 10.2. The molecule has 1 amide bonds. The Morgan fingerprint density at radius 2 is 2.23 bits per heavy atom. The summed E-state index contributed by atoms with van der Waals surface area (Å²) in [5.41, 5.74) is 0.590. The van der Waals surface area contributed by atoms with Crippen molar-refractivity contribution in [2.75, 3.05) is 6.54 Å². The summed E-state index contributed by atoms with van der Waals surface area (Å²) in [7, 11) is 0. The molecule has 0 aliphatic rings. The van der Waals surface area contributed by atoms with Gasteiger partial charge in [0.1, 0.15) is 0 Å². The number of rotatable bonds is 3. The van der Waals surface area contributed by atoms with Crippen LogP contribution < -0.4 is 5.32 Å². The van der Waals surface area contributed by atoms with Gasteiger partial charge in [0.25, 0.3) is 5.91 Å². The standard InChI is InChI=1S/C10H11NOS/c1-2-7-11-10(12)8-5-3-4-6-9(8)13/h2-6,13H,1,7H2,(H,11,12). The van der Waals surface area contributed by atoms with Crippen LogP contribution in [0.3, 0.4) is 0 Å². The number of carbonyl (C=O) groups is 1. The van der Waals surface area contributed by atoms with Crippen molar-refractivity contribution >= 4 is 18.5 Å². The second kappa shape index (κ2) is 4.72. The van der Waals surface area contributed by atoms with E-state index in [1.54, 1.807) is 18.2 Å². The molecule has 0 spiro atoms. The van der Waals surface area contributed by atoms with Crippen LogP contribution in [0.2, 0.25) is 0 Å². The predicted molar refractivity (Wildman–Crippen MR) is 56.2 cm³/mol. The molecule has 0 bridgehead atoms. The van der Waals surface area contributed by atoms with Crippen molar-refractivity contribution in [3.05, 3.63) is 42.5 Å². The fourth-order valence-corrected chi connectivity index (χ4v) is 1.19. The topological polar surface area (TPSA) is 29.1 Å². The molecule has 68 valence electrons. The zero-order chi connectivity index (χ0) is 9.68. The van der Waals surface area contributed by atoms with Crippen LogP contribution in [0.15, 0.2) is 41.8 Å². The van der Waals surface area contributed by atoms with Gasteiger partial charge in [-0.25, -0.2) is 0 Å². The Labute approximate surface area is 83.1 Å². The average molecular weight is 193 g/mol. The third kappa shape index (κ3) is 2.63. The minimum absolute atomic E-state index is 0.120. The molecule has 0 aromatic heterocycles. The van der Waals surface area contributed by atoms with E-state index in [-0.39, 0.29) is 5.91 Å². The van der Waals surface area contributed by atoms with Gasteiger partial charge in [0.2, 0.25) is 0 Å². The Hall–Kier alpha value is -1.22. The van der Waals surface area contributed by atoms with Crippen molar-refractivity contribution in [3.63, 3.8) is 0 Å². The van der Waals surface area contributed by atoms with E-state index < -0.39 is 0 Å². The predicted octanol–water partition coefficient (Wildman–Crippen LogP) is 1.89. The number of thiol groups is 1. The van der Waals surface area contributed by atoms with Crippen LogP contribution in [0.5, 0.6) is 0 Å². The summed E-state index contributed by atoms with van der Waals surface area (Å²) >= 11 is 4.17. The molecule has 0 aliphatic carbocycles. The van der Waals surface area contributed by atoms with E-state index >= 15 is 0 Å². The third-order valence-corrected chi connectivity index (χ3v) is 1.95. The molecular weight excluding hydrogens is 182 g/mol. The van der Waals surface area contributed by atoms with Crippen molar-refractivity contribution in [2.24, 2.45) is 0 Å². The van der Waals surface area contributed by atoms with Crippen molar-refractivity contribution in [2.45, 2.75) is 4.90 Å². The van der Waals surface area contributed by atoms with Crippen LogP contribution >= 0.6 is 12.6 Å². The first-order valence-electron chi connectivity index (χ1n) is 3.93. The molecule has 1 rings (SSSR count). The molecule has 0 unspecified atom stereocenters. The maximum absolute atomic E-state index is 11.4. The van der Waals surface area contributed by atoms with Crippen molar-refractivity contribution in [1.29, 1.82) is 0 Å². The van der Waals surface area contributed by atoms with Crippen LogP contribution in [0.25, 0.3) is 0 Å². The van der Waals surface area contributed by atoms with E-state index in [0.717, 1.165) is 0 Å². The van der Waals surface area contributed by atoms with E-state index in [4.69, 9.17) is 0 Å². The molecule has 1 aromatic rings. The number of benzene rings is 1. The highest BCUT2D eigenvalue weighted by molar-refractivity contribution is 7.80. The maximum atomic E-state index is 11.4. The summed E-state index contributed by atoms with van der Waals surface area (Å²) in [5.74, 6) is -0.120. The highest BCUT2D eigenvalue weighted by Crippen LogP contribution is 2.12. The summed E-state index contributed by atoms with van der Waals surface area (Å²) in [5, 5.41) is 2.68. The Morgan fingerprint density at radius 1 is 1.54 bits per heavy atom. The Kier molecular flexibility index (Phi) is 3.58. The molecule has 1 aromatic carbocycles. The summed E-state index contributed by atoms with van der Waals surface area (Å²) in [6.45, 7) is 3.99. The van der Waals surface area contributed by atoms with E-state index in [1.165, 1.54) is 0 Å². The molecule has 0 fully saturated rings. The number of hydrogen-bond donors (Lipinski definition) is 2. The van der Waals surface area contributed by atoms with Gasteiger partial charge < -0.3 is 5.32 Å². The van der Waals surface area contributed by atoms with Gasteiger partial charge in [0.05, 0.1) is 5.56 Å². The number of hydrogen-bond acceptors (Lipinski definition) is 2. The average Bonchev–Trinajstić information content (AvgIpc) is 2.15. The van der Waals surface area contributed by atoms with Crippen LogP contribution in [0, 0.1) is 0 Å². The lowest BCUT2D eigenvalue weighted by Crippen LogP contribution is -2.23. The monoisotopic (exact) mass is 193 g/mol. The van der Waals surface area contributed by atoms with E-state index in [1.807, 2.05) is 12.1 Å². The van der Waals surface area contributed by atoms with Gasteiger partial charge in [0, 0.05) is 11.4 Å². The second-order valence-electron chi connectivity index (χ2n) is 2.52. The van der Waals surface area contributed by atoms with E-state index in [2.05, 4.69) is 24.5 Å². The molecule has 13 heavy (non-hydrogen) atoms. The lowest BCUT2D eigenvalue weighted by Gasteiger charge is -2.03. The molecule has 0 radical (unpaired) electrons. The minimum atomic E-state index is -0.120. The normalized spacial score (nSPS) is 9.31. The summed E-state index contributed by atoms with van der Waals surface area (Å²) in [4.78, 5) is 12.1. The number of amides is 1. The fraction of sp³-hybridized carbons (Fsp3) is 0.100.